The molecule has 1 heterocycles. The number of hydrogen-bond acceptors (Lipinski definition) is 4. The molecular formula is C8H17OPS3. The van der Waals surface area contributed by atoms with Gasteiger partial charge in [-0.3, -0.25) is 4.57 Å². The summed E-state index contributed by atoms with van der Waals surface area (Å²) in [6, 6.07) is 0. The van der Waals surface area contributed by atoms with Crippen molar-refractivity contribution in [2.75, 3.05) is 23.0 Å². The van der Waals surface area contributed by atoms with Crippen LogP contribution in [0.1, 0.15) is 20.8 Å². The van der Waals surface area contributed by atoms with Crippen LogP contribution in [0.25, 0.3) is 0 Å². The van der Waals surface area contributed by atoms with E-state index in [0.29, 0.717) is 0 Å². The molecule has 1 rings (SSSR count). The molecule has 1 fully saturated rings. The Morgan fingerprint density at radius 3 is 1.85 bits per heavy atom. The summed E-state index contributed by atoms with van der Waals surface area (Å²) in [4.78, 5) is 0. The highest BCUT2D eigenvalue weighted by Crippen LogP contribution is 2.76. The van der Waals surface area contributed by atoms with Crippen molar-refractivity contribution in [1.82, 2.24) is 0 Å². The third-order valence-corrected chi connectivity index (χ3v) is 14.7. The van der Waals surface area contributed by atoms with Gasteiger partial charge in [0, 0.05) is 28.2 Å². The zero-order valence-corrected chi connectivity index (χ0v) is 11.8. The molecule has 5 heteroatoms. The second kappa shape index (κ2) is 4.87. The third kappa shape index (κ3) is 3.40. The van der Waals surface area contributed by atoms with Gasteiger partial charge in [0.25, 0.3) is 0 Å². The van der Waals surface area contributed by atoms with Crippen molar-refractivity contribution in [2.24, 2.45) is 0 Å². The Balaban J connectivity index is 2.68. The first-order chi connectivity index (χ1) is 5.96. The molecule has 1 aliphatic heterocycles. The van der Waals surface area contributed by atoms with Gasteiger partial charge in [0.1, 0.15) is 0 Å². The molecule has 0 N–H and O–H groups in total. The van der Waals surface area contributed by atoms with Crippen molar-refractivity contribution in [3.8, 4) is 0 Å². The first kappa shape index (κ1) is 12.4. The maximum absolute atomic E-state index is 12.5. The van der Waals surface area contributed by atoms with E-state index in [1.165, 1.54) is 0 Å². The average molecular weight is 256 g/mol. The van der Waals surface area contributed by atoms with E-state index in [0.717, 1.165) is 23.0 Å². The van der Waals surface area contributed by atoms with Gasteiger partial charge in [-0.2, -0.15) is 11.8 Å². The van der Waals surface area contributed by atoms with E-state index in [2.05, 4.69) is 20.8 Å². The molecule has 0 aromatic rings. The van der Waals surface area contributed by atoms with E-state index < -0.39 is 5.55 Å². The highest BCUT2D eigenvalue weighted by Gasteiger charge is 2.37. The topological polar surface area (TPSA) is 17.1 Å². The molecule has 0 unspecified atom stereocenters. The van der Waals surface area contributed by atoms with E-state index in [4.69, 9.17) is 0 Å². The van der Waals surface area contributed by atoms with Gasteiger partial charge in [0.15, 0.2) is 5.55 Å². The molecule has 1 aliphatic rings. The smallest absolute Gasteiger partial charge is 0.196 e. The van der Waals surface area contributed by atoms with Crippen LogP contribution in [0.3, 0.4) is 0 Å². The van der Waals surface area contributed by atoms with Gasteiger partial charge in [-0.05, 0) is 0 Å². The van der Waals surface area contributed by atoms with Crippen LogP contribution in [-0.2, 0) is 4.57 Å². The summed E-state index contributed by atoms with van der Waals surface area (Å²) < 4.78 is 12.5. The number of rotatable bonds is 0. The molecule has 0 atom stereocenters. The summed E-state index contributed by atoms with van der Waals surface area (Å²) >= 11 is 5.39. The van der Waals surface area contributed by atoms with Crippen LogP contribution in [0.15, 0.2) is 0 Å². The quantitative estimate of drug-likeness (QED) is 0.604. The van der Waals surface area contributed by atoms with Crippen LogP contribution < -0.4 is 0 Å². The molecule has 0 radical (unpaired) electrons. The highest BCUT2D eigenvalue weighted by molar-refractivity contribution is 8.91. The van der Waals surface area contributed by atoms with Crippen LogP contribution in [0.5, 0.6) is 0 Å². The fourth-order valence-corrected chi connectivity index (χ4v) is 11.4. The highest BCUT2D eigenvalue weighted by atomic mass is 33.1. The Morgan fingerprint density at radius 2 is 1.46 bits per heavy atom. The third-order valence-electron chi connectivity index (χ3n) is 1.80. The summed E-state index contributed by atoms with van der Waals surface area (Å²) in [5.41, 5.74) is -2.05. The van der Waals surface area contributed by atoms with E-state index in [-0.39, 0.29) is 5.16 Å². The van der Waals surface area contributed by atoms with Gasteiger partial charge >= 0.3 is 0 Å². The summed E-state index contributed by atoms with van der Waals surface area (Å²) in [6.07, 6.45) is 0. The second-order valence-electron chi connectivity index (χ2n) is 3.95. The predicted octanol–water partition coefficient (Wildman–Crippen LogP) is 4.19. The van der Waals surface area contributed by atoms with Crippen molar-refractivity contribution >= 4 is 40.1 Å². The molecule has 0 aromatic carbocycles. The van der Waals surface area contributed by atoms with Gasteiger partial charge in [0.2, 0.25) is 0 Å². The zero-order chi connectivity index (χ0) is 9.95. The molecule has 0 amide bonds. The summed E-state index contributed by atoms with van der Waals surface area (Å²) in [5.74, 6) is 4.41. The lowest BCUT2D eigenvalue weighted by Crippen LogP contribution is -2.13. The normalized spacial score (nSPS) is 24.8. The largest absolute Gasteiger partial charge is 0.300 e. The van der Waals surface area contributed by atoms with Crippen molar-refractivity contribution < 1.29 is 4.57 Å². The molecule has 0 spiro atoms. The van der Waals surface area contributed by atoms with Crippen LogP contribution in [-0.4, -0.2) is 28.2 Å². The predicted molar refractivity (Wildman–Crippen MR) is 69.6 cm³/mol. The standard InChI is InChI=1S/C8H17OPS3/c1-8(2,3)10(9)12-6-4-11-5-7-13-10/h4-7H2,1-3H3. The molecule has 0 aromatic heterocycles. The molecule has 1 nitrogen and oxygen atoms in total. The van der Waals surface area contributed by atoms with Crippen molar-refractivity contribution in [1.29, 1.82) is 0 Å². The summed E-state index contributed by atoms with van der Waals surface area (Å²) in [6.45, 7) is 6.30. The van der Waals surface area contributed by atoms with E-state index in [1.54, 1.807) is 22.8 Å². The van der Waals surface area contributed by atoms with Gasteiger partial charge in [-0.15, -0.1) is 0 Å². The Kier molecular flexibility index (Phi) is 4.63. The lowest BCUT2D eigenvalue weighted by molar-refractivity contribution is 0.572. The Hall–Kier alpha value is 1.28. The SMILES string of the molecule is CC(C)(C)P1(=O)SCCSCCS1. The minimum Gasteiger partial charge on any atom is -0.300 e. The lowest BCUT2D eigenvalue weighted by atomic mass is 10.3. The second-order valence-corrected chi connectivity index (χ2v) is 14.2. The zero-order valence-electron chi connectivity index (χ0n) is 8.41. The molecule has 0 saturated carbocycles. The van der Waals surface area contributed by atoms with Gasteiger partial charge in [-0.1, -0.05) is 43.5 Å². The average Bonchev–Trinajstić information content (AvgIpc) is 1.94. The van der Waals surface area contributed by atoms with E-state index in [9.17, 15) is 4.57 Å². The van der Waals surface area contributed by atoms with E-state index in [1.807, 2.05) is 11.8 Å². The van der Waals surface area contributed by atoms with Crippen molar-refractivity contribution in [3.05, 3.63) is 0 Å². The van der Waals surface area contributed by atoms with Crippen LogP contribution in [0.4, 0.5) is 0 Å². The Bertz CT molecular complexity index is 200. The Morgan fingerprint density at radius 1 is 1.00 bits per heavy atom. The molecule has 0 aliphatic carbocycles. The molecule has 13 heavy (non-hydrogen) atoms. The van der Waals surface area contributed by atoms with Crippen LogP contribution >= 0.6 is 40.1 Å². The summed E-state index contributed by atoms with van der Waals surface area (Å²) in [7, 11) is 0. The Labute approximate surface area is 93.4 Å². The minimum atomic E-state index is -2.05. The maximum atomic E-state index is 12.5. The maximum Gasteiger partial charge on any atom is 0.196 e. The van der Waals surface area contributed by atoms with Crippen LogP contribution in [0, 0.1) is 0 Å². The van der Waals surface area contributed by atoms with Gasteiger partial charge < -0.3 is 0 Å². The number of hydrogen-bond donors (Lipinski definition) is 0. The van der Waals surface area contributed by atoms with Crippen molar-refractivity contribution in [2.45, 2.75) is 25.9 Å². The minimum absolute atomic E-state index is 0.0374. The van der Waals surface area contributed by atoms with Gasteiger partial charge in [0.05, 0.1) is 0 Å². The molecule has 1 saturated heterocycles. The monoisotopic (exact) mass is 256 g/mol. The molecule has 0 bridgehead atoms. The fraction of sp³-hybridized carbons (Fsp3) is 1.00. The van der Waals surface area contributed by atoms with Crippen molar-refractivity contribution in [3.63, 3.8) is 0 Å². The van der Waals surface area contributed by atoms with Gasteiger partial charge in [-0.25, -0.2) is 0 Å². The molecular weight excluding hydrogens is 239 g/mol. The number of thioether (sulfide) groups is 1. The summed E-state index contributed by atoms with van der Waals surface area (Å²) in [5, 5.41) is -0.0374. The lowest BCUT2D eigenvalue weighted by Gasteiger charge is -2.30. The first-order valence-electron chi connectivity index (χ1n) is 4.43. The fourth-order valence-electron chi connectivity index (χ4n) is 0.959. The van der Waals surface area contributed by atoms with E-state index >= 15 is 0 Å². The molecule has 78 valence electrons. The van der Waals surface area contributed by atoms with Crippen LogP contribution in [0.2, 0.25) is 0 Å². The first-order valence-corrected chi connectivity index (χ1v) is 10.5.